The molecule has 0 saturated carbocycles. The summed E-state index contributed by atoms with van der Waals surface area (Å²) < 4.78 is 6.82. The second-order valence-corrected chi connectivity index (χ2v) is 6.87. The highest BCUT2D eigenvalue weighted by molar-refractivity contribution is 7.99. The molecule has 0 aliphatic carbocycles. The molecule has 2 aromatic carbocycles. The maximum Gasteiger partial charge on any atom is 0.284 e. The SMILES string of the molecule is COc1ccc(Cn2c(C)c(Cl)nc(Sc3ccccc3)c2=O)cc1. The van der Waals surface area contributed by atoms with E-state index in [2.05, 4.69) is 4.98 Å². The van der Waals surface area contributed by atoms with E-state index in [-0.39, 0.29) is 5.56 Å². The predicted octanol–water partition coefficient (Wildman–Crippen LogP) is 4.41. The minimum atomic E-state index is -0.147. The van der Waals surface area contributed by atoms with Crippen molar-refractivity contribution < 1.29 is 4.74 Å². The van der Waals surface area contributed by atoms with Crippen molar-refractivity contribution in [3.63, 3.8) is 0 Å². The van der Waals surface area contributed by atoms with Crippen molar-refractivity contribution in [2.24, 2.45) is 0 Å². The van der Waals surface area contributed by atoms with Gasteiger partial charge < -0.3 is 9.30 Å². The fraction of sp³-hybridized carbons (Fsp3) is 0.158. The molecule has 0 amide bonds. The lowest BCUT2D eigenvalue weighted by molar-refractivity contribution is 0.414. The molecular weight excluding hydrogens is 356 g/mol. The third kappa shape index (κ3) is 4.06. The van der Waals surface area contributed by atoms with Crippen molar-refractivity contribution in [3.8, 4) is 5.75 Å². The first kappa shape index (κ1) is 17.6. The molecular formula is C19H17ClN2O2S. The summed E-state index contributed by atoms with van der Waals surface area (Å²) in [5, 5.41) is 0.710. The minimum absolute atomic E-state index is 0.147. The fourth-order valence-corrected chi connectivity index (χ4v) is 3.46. The number of hydrogen-bond donors (Lipinski definition) is 0. The van der Waals surface area contributed by atoms with Gasteiger partial charge >= 0.3 is 0 Å². The van der Waals surface area contributed by atoms with Crippen LogP contribution in [0.3, 0.4) is 0 Å². The van der Waals surface area contributed by atoms with Crippen molar-refractivity contribution in [2.75, 3.05) is 7.11 Å². The Morgan fingerprint density at radius 3 is 2.44 bits per heavy atom. The van der Waals surface area contributed by atoms with E-state index in [0.29, 0.717) is 22.4 Å². The van der Waals surface area contributed by atoms with Crippen LogP contribution in [0.5, 0.6) is 5.75 Å². The number of ether oxygens (including phenoxy) is 1. The molecule has 0 unspecified atom stereocenters. The molecule has 0 fully saturated rings. The molecule has 0 spiro atoms. The molecule has 0 atom stereocenters. The summed E-state index contributed by atoms with van der Waals surface area (Å²) in [7, 11) is 1.62. The highest BCUT2D eigenvalue weighted by atomic mass is 35.5. The van der Waals surface area contributed by atoms with E-state index >= 15 is 0 Å². The first-order valence-electron chi connectivity index (χ1n) is 7.71. The van der Waals surface area contributed by atoms with Gasteiger partial charge in [-0.15, -0.1) is 0 Å². The standard InChI is InChI=1S/C19H17ClN2O2S/c1-13-17(20)21-18(25-16-6-4-3-5-7-16)19(23)22(13)12-14-8-10-15(24-2)11-9-14/h3-11H,12H2,1-2H3. The van der Waals surface area contributed by atoms with Crippen molar-refractivity contribution in [1.82, 2.24) is 9.55 Å². The summed E-state index contributed by atoms with van der Waals surface area (Å²) in [4.78, 5) is 18.1. The van der Waals surface area contributed by atoms with Gasteiger partial charge in [0, 0.05) is 4.90 Å². The summed E-state index contributed by atoms with van der Waals surface area (Å²) in [6, 6.07) is 17.3. The summed E-state index contributed by atoms with van der Waals surface area (Å²) in [6.45, 7) is 2.23. The van der Waals surface area contributed by atoms with Gasteiger partial charge in [0.15, 0.2) is 5.03 Å². The third-order valence-electron chi connectivity index (χ3n) is 3.79. The lowest BCUT2D eigenvalue weighted by Crippen LogP contribution is -2.26. The lowest BCUT2D eigenvalue weighted by atomic mass is 10.2. The summed E-state index contributed by atoms with van der Waals surface area (Å²) in [6.07, 6.45) is 0. The summed E-state index contributed by atoms with van der Waals surface area (Å²) in [5.74, 6) is 0.779. The Bertz CT molecular complexity index is 925. The van der Waals surface area contributed by atoms with Gasteiger partial charge in [0.1, 0.15) is 10.9 Å². The molecule has 0 aliphatic heterocycles. The van der Waals surface area contributed by atoms with Crippen LogP contribution >= 0.6 is 23.4 Å². The van der Waals surface area contributed by atoms with Gasteiger partial charge in [0.25, 0.3) is 5.56 Å². The zero-order chi connectivity index (χ0) is 17.8. The average Bonchev–Trinajstić information content (AvgIpc) is 2.64. The fourth-order valence-electron chi connectivity index (χ4n) is 2.37. The normalized spacial score (nSPS) is 10.7. The number of hydrogen-bond acceptors (Lipinski definition) is 4. The molecule has 0 bridgehead atoms. The molecule has 128 valence electrons. The van der Waals surface area contributed by atoms with Crippen LogP contribution in [0.1, 0.15) is 11.3 Å². The Balaban J connectivity index is 1.96. The molecule has 1 aromatic heterocycles. The molecule has 0 radical (unpaired) electrons. The Labute approximate surface area is 155 Å². The van der Waals surface area contributed by atoms with Crippen molar-refractivity contribution in [3.05, 3.63) is 81.4 Å². The van der Waals surface area contributed by atoms with Crippen LogP contribution in [-0.4, -0.2) is 16.7 Å². The van der Waals surface area contributed by atoms with Crippen molar-refractivity contribution in [2.45, 2.75) is 23.4 Å². The van der Waals surface area contributed by atoms with Crippen LogP contribution in [0.25, 0.3) is 0 Å². The van der Waals surface area contributed by atoms with Crippen molar-refractivity contribution >= 4 is 23.4 Å². The second kappa shape index (κ2) is 7.76. The minimum Gasteiger partial charge on any atom is -0.497 e. The average molecular weight is 373 g/mol. The van der Waals surface area contributed by atoms with Gasteiger partial charge in [-0.3, -0.25) is 4.79 Å². The zero-order valence-corrected chi connectivity index (χ0v) is 15.5. The van der Waals surface area contributed by atoms with E-state index < -0.39 is 0 Å². The number of rotatable bonds is 5. The molecule has 6 heteroatoms. The molecule has 0 N–H and O–H groups in total. The Kier molecular flexibility index (Phi) is 5.46. The van der Waals surface area contributed by atoms with Crippen LogP contribution in [0, 0.1) is 6.92 Å². The second-order valence-electron chi connectivity index (χ2n) is 5.45. The van der Waals surface area contributed by atoms with Gasteiger partial charge in [-0.2, -0.15) is 0 Å². The quantitative estimate of drug-likeness (QED) is 0.665. The van der Waals surface area contributed by atoms with Crippen LogP contribution in [0.4, 0.5) is 0 Å². The van der Waals surface area contributed by atoms with Gasteiger partial charge in [-0.05, 0) is 36.8 Å². The highest BCUT2D eigenvalue weighted by Gasteiger charge is 2.14. The monoisotopic (exact) mass is 372 g/mol. The molecule has 0 aliphatic rings. The lowest BCUT2D eigenvalue weighted by Gasteiger charge is -2.13. The van der Waals surface area contributed by atoms with E-state index in [9.17, 15) is 4.79 Å². The van der Waals surface area contributed by atoms with E-state index in [1.807, 2.05) is 54.6 Å². The first-order valence-corrected chi connectivity index (χ1v) is 8.90. The van der Waals surface area contributed by atoms with Crippen LogP contribution in [0.15, 0.2) is 69.3 Å². The maximum atomic E-state index is 12.9. The molecule has 3 aromatic rings. The third-order valence-corrected chi connectivity index (χ3v) is 5.11. The highest BCUT2D eigenvalue weighted by Crippen LogP contribution is 2.25. The topological polar surface area (TPSA) is 44.1 Å². The first-order chi connectivity index (χ1) is 12.1. The summed E-state index contributed by atoms with van der Waals surface area (Å²) >= 11 is 7.59. The van der Waals surface area contributed by atoms with E-state index in [1.54, 1.807) is 18.6 Å². The molecule has 1 heterocycles. The van der Waals surface area contributed by atoms with Crippen LogP contribution in [-0.2, 0) is 6.54 Å². The van der Waals surface area contributed by atoms with Crippen molar-refractivity contribution in [1.29, 1.82) is 0 Å². The van der Waals surface area contributed by atoms with Gasteiger partial charge in [0.05, 0.1) is 19.3 Å². The number of halogens is 1. The number of benzene rings is 2. The number of nitrogens with zero attached hydrogens (tertiary/aromatic N) is 2. The van der Waals surface area contributed by atoms with Gasteiger partial charge in [-0.1, -0.05) is 53.7 Å². The van der Waals surface area contributed by atoms with Gasteiger partial charge in [-0.25, -0.2) is 4.98 Å². The summed E-state index contributed by atoms with van der Waals surface area (Å²) in [5.41, 5.74) is 1.50. The van der Waals surface area contributed by atoms with Gasteiger partial charge in [0.2, 0.25) is 0 Å². The predicted molar refractivity (Wildman–Crippen MR) is 101 cm³/mol. The molecule has 3 rings (SSSR count). The largest absolute Gasteiger partial charge is 0.497 e. The van der Waals surface area contributed by atoms with E-state index in [0.717, 1.165) is 16.2 Å². The van der Waals surface area contributed by atoms with E-state index in [1.165, 1.54) is 11.8 Å². The zero-order valence-electron chi connectivity index (χ0n) is 13.9. The molecule has 4 nitrogen and oxygen atoms in total. The Hall–Kier alpha value is -2.24. The smallest absolute Gasteiger partial charge is 0.284 e. The maximum absolute atomic E-state index is 12.9. The molecule has 25 heavy (non-hydrogen) atoms. The van der Waals surface area contributed by atoms with Crippen LogP contribution in [0.2, 0.25) is 5.15 Å². The number of aromatic nitrogens is 2. The molecule has 0 saturated heterocycles. The Morgan fingerprint density at radius 2 is 1.80 bits per heavy atom. The van der Waals surface area contributed by atoms with Crippen LogP contribution < -0.4 is 10.3 Å². The Morgan fingerprint density at radius 1 is 1.12 bits per heavy atom. The van der Waals surface area contributed by atoms with E-state index in [4.69, 9.17) is 16.3 Å². The number of methoxy groups -OCH3 is 1.